The number of nitrogens with two attached hydrogens (primary N) is 1. The lowest BCUT2D eigenvalue weighted by molar-refractivity contribution is -0.119. The molecule has 0 aliphatic rings. The molecule has 5 nitrogen and oxygen atoms in total. The van der Waals surface area contributed by atoms with Gasteiger partial charge in [-0.1, -0.05) is 0 Å². The van der Waals surface area contributed by atoms with Crippen LogP contribution in [0.25, 0.3) is 0 Å². The van der Waals surface area contributed by atoms with Crippen LogP contribution in [0.3, 0.4) is 0 Å². The summed E-state index contributed by atoms with van der Waals surface area (Å²) in [6, 6.07) is 1.24. The molecule has 2 N–H and O–H groups in total. The quantitative estimate of drug-likeness (QED) is 0.850. The van der Waals surface area contributed by atoms with Gasteiger partial charge in [-0.05, 0) is 13.0 Å². The van der Waals surface area contributed by atoms with Crippen molar-refractivity contribution in [3.05, 3.63) is 17.8 Å². The molecular formula is C11H14F3N3O2. The van der Waals surface area contributed by atoms with Gasteiger partial charge in [-0.3, -0.25) is 0 Å². The molecule has 8 heteroatoms. The van der Waals surface area contributed by atoms with Crippen LogP contribution in [0.5, 0.6) is 0 Å². The number of carbonyl (C=O) groups is 1. The monoisotopic (exact) mass is 277 g/mol. The van der Waals surface area contributed by atoms with Crippen LogP contribution in [-0.2, 0) is 4.74 Å². The van der Waals surface area contributed by atoms with E-state index < -0.39 is 18.7 Å². The number of rotatable bonds is 4. The van der Waals surface area contributed by atoms with E-state index in [0.29, 0.717) is 0 Å². The minimum Gasteiger partial charge on any atom is -0.465 e. The van der Waals surface area contributed by atoms with E-state index in [0.717, 1.165) is 12.0 Å². The maximum Gasteiger partial charge on any atom is 0.405 e. The average molecular weight is 277 g/mol. The van der Waals surface area contributed by atoms with Gasteiger partial charge in [0.1, 0.15) is 17.9 Å². The van der Waals surface area contributed by atoms with Crippen molar-refractivity contribution in [2.24, 2.45) is 0 Å². The first kappa shape index (κ1) is 15.1. The summed E-state index contributed by atoms with van der Waals surface area (Å²) in [5.41, 5.74) is 5.56. The van der Waals surface area contributed by atoms with Gasteiger partial charge in [-0.25, -0.2) is 9.78 Å². The third-order valence-corrected chi connectivity index (χ3v) is 2.34. The molecule has 1 rings (SSSR count). The molecule has 0 spiro atoms. The molecule has 0 radical (unpaired) electrons. The van der Waals surface area contributed by atoms with E-state index in [1.807, 2.05) is 0 Å². The number of pyridine rings is 1. The largest absolute Gasteiger partial charge is 0.465 e. The van der Waals surface area contributed by atoms with Crippen molar-refractivity contribution >= 4 is 17.5 Å². The SMILES string of the molecule is CCN(CC(F)(F)F)c1ncc(N)cc1C(=O)OC. The number of halogens is 3. The van der Waals surface area contributed by atoms with Gasteiger partial charge < -0.3 is 15.4 Å². The number of nitrogens with zero attached hydrogens (tertiary/aromatic N) is 2. The standard InChI is InChI=1S/C11H14F3N3O2/c1-3-17(6-11(12,13)14)9-8(10(18)19-2)4-7(15)5-16-9/h4-5H,3,6,15H2,1-2H3. The Morgan fingerprint density at radius 3 is 2.63 bits per heavy atom. The summed E-state index contributed by atoms with van der Waals surface area (Å²) in [4.78, 5) is 16.3. The zero-order chi connectivity index (χ0) is 14.6. The first-order chi connectivity index (χ1) is 8.78. The second kappa shape index (κ2) is 5.77. The first-order valence-corrected chi connectivity index (χ1v) is 5.44. The van der Waals surface area contributed by atoms with Crippen LogP contribution in [0, 0.1) is 0 Å². The van der Waals surface area contributed by atoms with Crippen molar-refractivity contribution < 1.29 is 22.7 Å². The third-order valence-electron chi connectivity index (χ3n) is 2.34. The summed E-state index contributed by atoms with van der Waals surface area (Å²) in [7, 11) is 1.13. The summed E-state index contributed by atoms with van der Waals surface area (Å²) in [6.07, 6.45) is -3.20. The van der Waals surface area contributed by atoms with Gasteiger partial charge in [0, 0.05) is 6.54 Å². The Morgan fingerprint density at radius 1 is 1.53 bits per heavy atom. The van der Waals surface area contributed by atoms with E-state index >= 15 is 0 Å². The summed E-state index contributed by atoms with van der Waals surface area (Å²) >= 11 is 0. The highest BCUT2D eigenvalue weighted by atomic mass is 19.4. The second-order valence-electron chi connectivity index (χ2n) is 3.76. The molecule has 1 heterocycles. The van der Waals surface area contributed by atoms with Crippen LogP contribution in [0.2, 0.25) is 0 Å². The number of esters is 1. The van der Waals surface area contributed by atoms with Crippen LogP contribution >= 0.6 is 0 Å². The molecule has 0 fully saturated rings. The number of aromatic nitrogens is 1. The Kier molecular flexibility index (Phi) is 4.57. The molecular weight excluding hydrogens is 263 g/mol. The van der Waals surface area contributed by atoms with Crippen molar-refractivity contribution in [2.75, 3.05) is 30.8 Å². The van der Waals surface area contributed by atoms with E-state index in [2.05, 4.69) is 9.72 Å². The van der Waals surface area contributed by atoms with Gasteiger partial charge in [-0.15, -0.1) is 0 Å². The Labute approximate surface area is 108 Å². The molecule has 0 amide bonds. The third kappa shape index (κ3) is 4.01. The Morgan fingerprint density at radius 2 is 2.16 bits per heavy atom. The Hall–Kier alpha value is -1.99. The highest BCUT2D eigenvalue weighted by Gasteiger charge is 2.32. The zero-order valence-corrected chi connectivity index (χ0v) is 10.5. The molecule has 1 aromatic heterocycles. The van der Waals surface area contributed by atoms with Gasteiger partial charge in [-0.2, -0.15) is 13.2 Å². The lowest BCUT2D eigenvalue weighted by Crippen LogP contribution is -2.35. The first-order valence-electron chi connectivity index (χ1n) is 5.44. The van der Waals surface area contributed by atoms with E-state index in [9.17, 15) is 18.0 Å². The smallest absolute Gasteiger partial charge is 0.405 e. The van der Waals surface area contributed by atoms with Crippen LogP contribution in [0.1, 0.15) is 17.3 Å². The fourth-order valence-electron chi connectivity index (χ4n) is 1.54. The average Bonchev–Trinajstić information content (AvgIpc) is 2.34. The van der Waals surface area contributed by atoms with Crippen molar-refractivity contribution in [1.29, 1.82) is 0 Å². The fourth-order valence-corrected chi connectivity index (χ4v) is 1.54. The zero-order valence-electron chi connectivity index (χ0n) is 10.5. The van der Waals surface area contributed by atoms with Gasteiger partial charge in [0.05, 0.1) is 19.0 Å². The van der Waals surface area contributed by atoms with Gasteiger partial charge >= 0.3 is 12.1 Å². The predicted octanol–water partition coefficient (Wildman–Crippen LogP) is 1.84. The summed E-state index contributed by atoms with van der Waals surface area (Å²) in [5.74, 6) is -0.878. The number of methoxy groups -OCH3 is 1. The van der Waals surface area contributed by atoms with E-state index in [-0.39, 0.29) is 23.6 Å². The number of alkyl halides is 3. The number of hydrogen-bond donors (Lipinski definition) is 1. The van der Waals surface area contributed by atoms with Gasteiger partial charge in [0.25, 0.3) is 0 Å². The molecule has 0 saturated carbocycles. The summed E-state index contributed by atoms with van der Waals surface area (Å²) in [5, 5.41) is 0. The Balaban J connectivity index is 3.19. The number of carbonyl (C=O) groups excluding carboxylic acids is 1. The van der Waals surface area contributed by atoms with Crippen molar-refractivity contribution in [1.82, 2.24) is 4.98 Å². The second-order valence-corrected chi connectivity index (χ2v) is 3.76. The number of nitrogen functional groups attached to an aromatic ring is 1. The summed E-state index contributed by atoms with van der Waals surface area (Å²) < 4.78 is 41.9. The molecule has 19 heavy (non-hydrogen) atoms. The van der Waals surface area contributed by atoms with Crippen LogP contribution in [0.4, 0.5) is 24.7 Å². The molecule has 0 aliphatic carbocycles. The highest BCUT2D eigenvalue weighted by molar-refractivity contribution is 5.95. The normalized spacial score (nSPS) is 11.2. The highest BCUT2D eigenvalue weighted by Crippen LogP contribution is 2.25. The van der Waals surface area contributed by atoms with E-state index in [4.69, 9.17) is 5.73 Å². The number of hydrogen-bond acceptors (Lipinski definition) is 5. The predicted molar refractivity (Wildman–Crippen MR) is 63.9 cm³/mol. The molecule has 1 aromatic rings. The van der Waals surface area contributed by atoms with E-state index in [1.54, 1.807) is 0 Å². The lowest BCUT2D eigenvalue weighted by Gasteiger charge is -2.24. The molecule has 0 saturated heterocycles. The topological polar surface area (TPSA) is 68.5 Å². The molecule has 0 unspecified atom stereocenters. The minimum absolute atomic E-state index is 0.0421. The van der Waals surface area contributed by atoms with Gasteiger partial charge in [0.15, 0.2) is 0 Å². The maximum absolute atomic E-state index is 12.5. The van der Waals surface area contributed by atoms with Crippen molar-refractivity contribution in [2.45, 2.75) is 13.1 Å². The molecule has 0 aromatic carbocycles. The van der Waals surface area contributed by atoms with Crippen LogP contribution < -0.4 is 10.6 Å². The lowest BCUT2D eigenvalue weighted by atomic mass is 10.2. The Bertz CT molecular complexity index is 463. The van der Waals surface area contributed by atoms with Crippen molar-refractivity contribution in [3.8, 4) is 0 Å². The number of ether oxygens (including phenoxy) is 1. The molecule has 0 bridgehead atoms. The fraction of sp³-hybridized carbons (Fsp3) is 0.455. The van der Waals surface area contributed by atoms with Crippen molar-refractivity contribution in [3.63, 3.8) is 0 Å². The molecule has 106 valence electrons. The van der Waals surface area contributed by atoms with E-state index in [1.165, 1.54) is 19.2 Å². The van der Waals surface area contributed by atoms with Crippen LogP contribution in [-0.4, -0.2) is 37.3 Å². The number of anilines is 2. The molecule has 0 aliphatic heterocycles. The minimum atomic E-state index is -4.40. The van der Waals surface area contributed by atoms with Gasteiger partial charge in [0.2, 0.25) is 0 Å². The van der Waals surface area contributed by atoms with Crippen LogP contribution in [0.15, 0.2) is 12.3 Å². The molecule has 0 atom stereocenters. The maximum atomic E-state index is 12.5. The summed E-state index contributed by atoms with van der Waals surface area (Å²) in [6.45, 7) is 0.371.